The van der Waals surface area contributed by atoms with Crippen molar-refractivity contribution in [1.29, 1.82) is 0 Å². The third kappa shape index (κ3) is 4.84. The zero-order valence-electron chi connectivity index (χ0n) is 25.3. The van der Waals surface area contributed by atoms with Gasteiger partial charge in [-0.3, -0.25) is 0 Å². The summed E-state index contributed by atoms with van der Waals surface area (Å²) in [6, 6.07) is 56.3. The first-order chi connectivity index (χ1) is 23.3. The van der Waals surface area contributed by atoms with Gasteiger partial charge in [-0.05, 0) is 57.3 Å². The molecule has 7 aromatic carbocycles. The Hall–Kier alpha value is -6.39. The first-order valence-electron chi connectivity index (χ1n) is 15.7. The summed E-state index contributed by atoms with van der Waals surface area (Å²) in [5.74, 6) is 1.84. The highest BCUT2D eigenvalue weighted by Crippen LogP contribution is 2.39. The lowest BCUT2D eigenvalue weighted by molar-refractivity contribution is 0.669. The Morgan fingerprint density at radius 3 is 1.77 bits per heavy atom. The van der Waals surface area contributed by atoms with E-state index in [0.29, 0.717) is 17.5 Å². The molecule has 9 aromatic rings. The van der Waals surface area contributed by atoms with Crippen LogP contribution in [0.5, 0.6) is 0 Å². The fourth-order valence-electron chi connectivity index (χ4n) is 6.44. The van der Waals surface area contributed by atoms with Crippen LogP contribution in [0, 0.1) is 0 Å². The van der Waals surface area contributed by atoms with Gasteiger partial charge in [0.15, 0.2) is 17.5 Å². The number of aromatic nitrogens is 3. The number of fused-ring (bicyclic) bond motifs is 4. The summed E-state index contributed by atoms with van der Waals surface area (Å²) in [4.78, 5) is 15.5. The zero-order valence-corrected chi connectivity index (χ0v) is 25.3. The lowest BCUT2D eigenvalue weighted by Gasteiger charge is -2.12. The Balaban J connectivity index is 1.28. The Bertz CT molecular complexity index is 2570. The van der Waals surface area contributed by atoms with Crippen molar-refractivity contribution in [2.45, 2.75) is 0 Å². The Labute approximate surface area is 271 Å². The average molecular weight is 602 g/mol. The molecule has 4 nitrogen and oxygen atoms in total. The molecule has 4 heteroatoms. The molecule has 9 rings (SSSR count). The second-order valence-electron chi connectivity index (χ2n) is 11.6. The molecule has 2 aromatic heterocycles. The van der Waals surface area contributed by atoms with Crippen molar-refractivity contribution in [3.8, 4) is 56.4 Å². The van der Waals surface area contributed by atoms with Gasteiger partial charge in [-0.2, -0.15) is 0 Å². The molecule has 0 radical (unpaired) electrons. The lowest BCUT2D eigenvalue weighted by Crippen LogP contribution is -2.01. The molecule has 47 heavy (non-hydrogen) atoms. The van der Waals surface area contributed by atoms with Crippen molar-refractivity contribution in [3.63, 3.8) is 0 Å². The Morgan fingerprint density at radius 2 is 0.957 bits per heavy atom. The summed E-state index contributed by atoms with van der Waals surface area (Å²) in [6.07, 6.45) is 0. The summed E-state index contributed by atoms with van der Waals surface area (Å²) in [7, 11) is 0. The molecule has 0 atom stereocenters. The molecule has 0 bridgehead atoms. The van der Waals surface area contributed by atoms with Gasteiger partial charge in [0, 0.05) is 27.5 Å². The van der Waals surface area contributed by atoms with Gasteiger partial charge in [0.25, 0.3) is 0 Å². The van der Waals surface area contributed by atoms with Crippen LogP contribution < -0.4 is 0 Å². The monoisotopic (exact) mass is 601 g/mol. The van der Waals surface area contributed by atoms with Crippen molar-refractivity contribution >= 4 is 32.7 Å². The van der Waals surface area contributed by atoms with Gasteiger partial charge in [-0.25, -0.2) is 15.0 Å². The molecular weight excluding hydrogens is 574 g/mol. The third-order valence-corrected chi connectivity index (χ3v) is 8.74. The predicted octanol–water partition coefficient (Wildman–Crippen LogP) is 11.3. The van der Waals surface area contributed by atoms with Gasteiger partial charge in [0.1, 0.15) is 11.2 Å². The minimum absolute atomic E-state index is 0.599. The van der Waals surface area contributed by atoms with Crippen LogP contribution >= 0.6 is 0 Å². The standard InChI is InChI=1S/C43H27N3O/c1-3-12-28(13-4-1)32-24-25-36-39(27-32)47-38-21-11-20-37(40(36)38)43-45-41(33-23-22-29-14-7-8-17-31(29)26-33)44-42(46-43)35-19-10-9-18-34(35)30-15-5-2-6-16-30/h1-27H. The minimum Gasteiger partial charge on any atom is -0.456 e. The zero-order chi connectivity index (χ0) is 31.2. The van der Waals surface area contributed by atoms with E-state index in [4.69, 9.17) is 19.4 Å². The molecule has 0 fully saturated rings. The van der Waals surface area contributed by atoms with E-state index in [9.17, 15) is 0 Å². The third-order valence-electron chi connectivity index (χ3n) is 8.74. The predicted molar refractivity (Wildman–Crippen MR) is 192 cm³/mol. The number of nitrogens with zero attached hydrogens (tertiary/aromatic N) is 3. The topological polar surface area (TPSA) is 51.8 Å². The molecule has 0 unspecified atom stereocenters. The summed E-state index contributed by atoms with van der Waals surface area (Å²) in [5, 5.41) is 4.31. The number of hydrogen-bond acceptors (Lipinski definition) is 4. The number of furan rings is 1. The normalized spacial score (nSPS) is 11.4. The van der Waals surface area contributed by atoms with Crippen molar-refractivity contribution in [2.75, 3.05) is 0 Å². The highest BCUT2D eigenvalue weighted by atomic mass is 16.3. The summed E-state index contributed by atoms with van der Waals surface area (Å²) in [6.45, 7) is 0. The Kier molecular flexibility index (Phi) is 6.43. The van der Waals surface area contributed by atoms with Crippen LogP contribution in [0.1, 0.15) is 0 Å². The summed E-state index contributed by atoms with van der Waals surface area (Å²) in [5.41, 5.74) is 8.82. The van der Waals surface area contributed by atoms with Gasteiger partial charge >= 0.3 is 0 Å². The molecule has 220 valence electrons. The molecule has 2 heterocycles. The number of rotatable bonds is 5. The van der Waals surface area contributed by atoms with E-state index in [2.05, 4.69) is 133 Å². The molecule has 0 amide bonds. The second kappa shape index (κ2) is 11.2. The average Bonchev–Trinajstić information content (AvgIpc) is 3.53. The highest BCUT2D eigenvalue weighted by Gasteiger charge is 2.19. The van der Waals surface area contributed by atoms with E-state index in [-0.39, 0.29) is 0 Å². The van der Waals surface area contributed by atoms with Gasteiger partial charge in [-0.1, -0.05) is 140 Å². The van der Waals surface area contributed by atoms with Crippen LogP contribution in [0.4, 0.5) is 0 Å². The molecular formula is C43H27N3O. The SMILES string of the molecule is c1ccc(-c2ccc3c(c2)oc2cccc(-c4nc(-c5ccc6ccccc6c5)nc(-c5ccccc5-c5ccccc5)n4)c23)cc1. The van der Waals surface area contributed by atoms with E-state index < -0.39 is 0 Å². The first-order valence-corrected chi connectivity index (χ1v) is 15.7. The van der Waals surface area contributed by atoms with Crippen LogP contribution in [0.15, 0.2) is 168 Å². The summed E-state index contributed by atoms with van der Waals surface area (Å²) >= 11 is 0. The molecule has 0 aliphatic rings. The summed E-state index contributed by atoms with van der Waals surface area (Å²) < 4.78 is 6.46. The van der Waals surface area contributed by atoms with E-state index in [1.54, 1.807) is 0 Å². The molecule has 0 saturated heterocycles. The van der Waals surface area contributed by atoms with Gasteiger partial charge in [0.05, 0.1) is 0 Å². The number of hydrogen-bond donors (Lipinski definition) is 0. The maximum Gasteiger partial charge on any atom is 0.164 e. The van der Waals surface area contributed by atoms with Crippen LogP contribution in [-0.2, 0) is 0 Å². The van der Waals surface area contributed by atoms with Crippen molar-refractivity contribution in [1.82, 2.24) is 15.0 Å². The van der Waals surface area contributed by atoms with Crippen molar-refractivity contribution < 1.29 is 4.42 Å². The van der Waals surface area contributed by atoms with E-state index in [0.717, 1.165) is 66.3 Å². The van der Waals surface area contributed by atoms with Gasteiger partial charge in [-0.15, -0.1) is 0 Å². The molecule has 0 aliphatic carbocycles. The quantitative estimate of drug-likeness (QED) is 0.197. The van der Waals surface area contributed by atoms with Gasteiger partial charge < -0.3 is 4.42 Å². The van der Waals surface area contributed by atoms with Crippen molar-refractivity contribution in [2.24, 2.45) is 0 Å². The van der Waals surface area contributed by atoms with E-state index in [1.165, 1.54) is 5.39 Å². The van der Waals surface area contributed by atoms with E-state index >= 15 is 0 Å². The highest BCUT2D eigenvalue weighted by molar-refractivity contribution is 6.12. The molecule has 0 saturated carbocycles. The molecule has 0 aliphatic heterocycles. The number of benzene rings is 7. The molecule has 0 N–H and O–H groups in total. The van der Waals surface area contributed by atoms with Crippen molar-refractivity contribution in [3.05, 3.63) is 164 Å². The van der Waals surface area contributed by atoms with Crippen LogP contribution in [0.2, 0.25) is 0 Å². The largest absolute Gasteiger partial charge is 0.456 e. The fraction of sp³-hybridized carbons (Fsp3) is 0. The minimum atomic E-state index is 0.599. The second-order valence-corrected chi connectivity index (χ2v) is 11.6. The smallest absolute Gasteiger partial charge is 0.164 e. The molecule has 0 spiro atoms. The lowest BCUT2D eigenvalue weighted by atomic mass is 9.99. The van der Waals surface area contributed by atoms with Crippen LogP contribution in [-0.4, -0.2) is 15.0 Å². The fourth-order valence-corrected chi connectivity index (χ4v) is 6.44. The maximum absolute atomic E-state index is 6.46. The van der Waals surface area contributed by atoms with E-state index in [1.807, 2.05) is 30.3 Å². The maximum atomic E-state index is 6.46. The van der Waals surface area contributed by atoms with Crippen LogP contribution in [0.25, 0.3) is 89.1 Å². The Morgan fingerprint density at radius 1 is 0.340 bits per heavy atom. The van der Waals surface area contributed by atoms with Gasteiger partial charge in [0.2, 0.25) is 0 Å². The van der Waals surface area contributed by atoms with Crippen LogP contribution in [0.3, 0.4) is 0 Å². The first kappa shape index (κ1) is 27.0.